The van der Waals surface area contributed by atoms with Crippen molar-refractivity contribution in [3.8, 4) is 17.5 Å². The van der Waals surface area contributed by atoms with Crippen molar-refractivity contribution in [1.29, 1.82) is 5.26 Å². The van der Waals surface area contributed by atoms with Crippen LogP contribution in [0.1, 0.15) is 5.56 Å². The van der Waals surface area contributed by atoms with Crippen molar-refractivity contribution in [3.05, 3.63) is 53.8 Å². The summed E-state index contributed by atoms with van der Waals surface area (Å²) in [5.74, 6) is 0.215. The minimum atomic E-state index is -0.331. The lowest BCUT2D eigenvalue weighted by atomic mass is 10.1. The van der Waals surface area contributed by atoms with E-state index in [1.807, 2.05) is 0 Å². The van der Waals surface area contributed by atoms with Gasteiger partial charge in [0, 0.05) is 10.9 Å². The fraction of sp³-hybridized carbons (Fsp3) is 0. The zero-order valence-electron chi connectivity index (χ0n) is 11.7. The number of halogens is 1. The standard InChI is InChI=1S/C16H9FN6/c17-11-6-4-9(5-7-11)14-21-15-12-3-1-2-10(8-18)13(12)20-16(19)23(15)22-14/h1-7H,(H2,19,20). The molecular formula is C16H9FN6. The molecular weight excluding hydrogens is 295 g/mol. The fourth-order valence-corrected chi connectivity index (χ4v) is 2.46. The van der Waals surface area contributed by atoms with Crippen LogP contribution in [0.4, 0.5) is 10.3 Å². The number of aromatic nitrogens is 4. The van der Waals surface area contributed by atoms with Gasteiger partial charge in [-0.15, -0.1) is 5.10 Å². The Hall–Kier alpha value is -3.53. The van der Waals surface area contributed by atoms with Gasteiger partial charge in [-0.25, -0.2) is 14.4 Å². The van der Waals surface area contributed by atoms with Crippen molar-refractivity contribution < 1.29 is 4.39 Å². The van der Waals surface area contributed by atoms with Gasteiger partial charge in [0.05, 0.1) is 11.1 Å². The molecule has 2 aromatic heterocycles. The van der Waals surface area contributed by atoms with Crippen LogP contribution in [0.2, 0.25) is 0 Å². The highest BCUT2D eigenvalue weighted by Crippen LogP contribution is 2.25. The van der Waals surface area contributed by atoms with E-state index in [4.69, 9.17) is 5.73 Å². The quantitative estimate of drug-likeness (QED) is 0.583. The van der Waals surface area contributed by atoms with Gasteiger partial charge in [0.25, 0.3) is 0 Å². The van der Waals surface area contributed by atoms with E-state index in [2.05, 4.69) is 21.1 Å². The van der Waals surface area contributed by atoms with Gasteiger partial charge in [-0.3, -0.25) is 0 Å². The number of anilines is 1. The highest BCUT2D eigenvalue weighted by Gasteiger charge is 2.14. The maximum Gasteiger partial charge on any atom is 0.223 e. The van der Waals surface area contributed by atoms with Crippen molar-refractivity contribution >= 4 is 22.5 Å². The third-order valence-electron chi connectivity index (χ3n) is 3.55. The lowest BCUT2D eigenvalue weighted by Gasteiger charge is -2.02. The van der Waals surface area contributed by atoms with Crippen molar-refractivity contribution in [3.63, 3.8) is 0 Å². The Morgan fingerprint density at radius 1 is 1.09 bits per heavy atom. The van der Waals surface area contributed by atoms with Gasteiger partial charge in [-0.05, 0) is 36.4 Å². The predicted octanol–water partition coefficient (Wildman–Crippen LogP) is 2.54. The smallest absolute Gasteiger partial charge is 0.223 e. The molecule has 2 aromatic carbocycles. The zero-order chi connectivity index (χ0) is 16.0. The molecule has 0 aliphatic rings. The number of hydrogen-bond acceptors (Lipinski definition) is 5. The second-order valence-corrected chi connectivity index (χ2v) is 4.96. The van der Waals surface area contributed by atoms with E-state index in [1.165, 1.54) is 16.6 Å². The number of hydrogen-bond donors (Lipinski definition) is 1. The Kier molecular flexibility index (Phi) is 2.71. The van der Waals surface area contributed by atoms with E-state index in [1.54, 1.807) is 30.3 Å². The first-order chi connectivity index (χ1) is 11.2. The molecule has 110 valence electrons. The molecule has 0 aliphatic heterocycles. The molecule has 0 amide bonds. The number of fused-ring (bicyclic) bond motifs is 3. The summed E-state index contributed by atoms with van der Waals surface area (Å²) in [6.45, 7) is 0. The number of nitrogens with two attached hydrogens (primary N) is 1. The molecule has 2 heterocycles. The Labute approximate surface area is 129 Å². The molecule has 0 saturated heterocycles. The monoisotopic (exact) mass is 304 g/mol. The SMILES string of the molecule is N#Cc1cccc2c1nc(N)n1nc(-c3ccc(F)cc3)nc21. The normalized spacial score (nSPS) is 11.0. The number of benzene rings is 2. The second-order valence-electron chi connectivity index (χ2n) is 4.96. The molecule has 0 unspecified atom stereocenters. The van der Waals surface area contributed by atoms with Gasteiger partial charge in [-0.1, -0.05) is 6.07 Å². The number of nitrogens with zero attached hydrogens (tertiary/aromatic N) is 5. The minimum Gasteiger partial charge on any atom is -0.368 e. The van der Waals surface area contributed by atoms with E-state index < -0.39 is 0 Å². The summed E-state index contributed by atoms with van der Waals surface area (Å²) in [4.78, 5) is 8.73. The molecule has 7 heteroatoms. The molecule has 0 spiro atoms. The highest BCUT2D eigenvalue weighted by molar-refractivity contribution is 5.95. The van der Waals surface area contributed by atoms with Gasteiger partial charge < -0.3 is 5.73 Å². The van der Waals surface area contributed by atoms with E-state index in [0.717, 1.165) is 0 Å². The third-order valence-corrected chi connectivity index (χ3v) is 3.55. The molecule has 6 nitrogen and oxygen atoms in total. The molecule has 0 fully saturated rings. The topological polar surface area (TPSA) is 92.9 Å². The van der Waals surface area contributed by atoms with Gasteiger partial charge in [0.2, 0.25) is 5.95 Å². The molecule has 0 radical (unpaired) electrons. The summed E-state index contributed by atoms with van der Waals surface area (Å²) in [7, 11) is 0. The largest absolute Gasteiger partial charge is 0.368 e. The summed E-state index contributed by atoms with van der Waals surface area (Å²) < 4.78 is 14.5. The van der Waals surface area contributed by atoms with Crippen LogP contribution in [0.15, 0.2) is 42.5 Å². The molecule has 4 aromatic rings. The molecule has 0 saturated carbocycles. The Bertz CT molecular complexity index is 1090. The Morgan fingerprint density at radius 3 is 2.61 bits per heavy atom. The number of rotatable bonds is 1. The van der Waals surface area contributed by atoms with Crippen LogP contribution in [0.5, 0.6) is 0 Å². The van der Waals surface area contributed by atoms with Crippen LogP contribution in [-0.2, 0) is 0 Å². The molecule has 0 aliphatic carbocycles. The van der Waals surface area contributed by atoms with Gasteiger partial charge in [-0.2, -0.15) is 9.78 Å². The first-order valence-corrected chi connectivity index (χ1v) is 6.78. The summed E-state index contributed by atoms with van der Waals surface area (Å²) in [6, 6.07) is 13.2. The average molecular weight is 304 g/mol. The van der Waals surface area contributed by atoms with E-state index in [-0.39, 0.29) is 11.8 Å². The average Bonchev–Trinajstić information content (AvgIpc) is 3.01. The minimum absolute atomic E-state index is 0.135. The van der Waals surface area contributed by atoms with Crippen LogP contribution in [0.25, 0.3) is 27.9 Å². The molecule has 0 bridgehead atoms. The first kappa shape index (κ1) is 13.2. The summed E-state index contributed by atoms with van der Waals surface area (Å²) >= 11 is 0. The van der Waals surface area contributed by atoms with E-state index in [0.29, 0.717) is 33.5 Å². The zero-order valence-corrected chi connectivity index (χ0v) is 11.7. The van der Waals surface area contributed by atoms with E-state index >= 15 is 0 Å². The molecule has 23 heavy (non-hydrogen) atoms. The van der Waals surface area contributed by atoms with Gasteiger partial charge in [0.15, 0.2) is 11.5 Å². The van der Waals surface area contributed by atoms with Crippen LogP contribution in [0.3, 0.4) is 0 Å². The first-order valence-electron chi connectivity index (χ1n) is 6.78. The Balaban J connectivity index is 2.05. The van der Waals surface area contributed by atoms with Crippen LogP contribution in [0, 0.1) is 17.1 Å². The lowest BCUT2D eigenvalue weighted by Crippen LogP contribution is -2.03. The van der Waals surface area contributed by atoms with Crippen molar-refractivity contribution in [2.24, 2.45) is 0 Å². The Morgan fingerprint density at radius 2 is 1.87 bits per heavy atom. The molecule has 2 N–H and O–H groups in total. The number of nitrogen functional groups attached to an aromatic ring is 1. The van der Waals surface area contributed by atoms with Crippen molar-refractivity contribution in [2.75, 3.05) is 5.73 Å². The highest BCUT2D eigenvalue weighted by atomic mass is 19.1. The van der Waals surface area contributed by atoms with E-state index in [9.17, 15) is 9.65 Å². The second kappa shape index (κ2) is 4.74. The lowest BCUT2D eigenvalue weighted by molar-refractivity contribution is 0.628. The van der Waals surface area contributed by atoms with Crippen LogP contribution >= 0.6 is 0 Å². The summed E-state index contributed by atoms with van der Waals surface area (Å²) in [5.41, 5.74) is 8.01. The van der Waals surface area contributed by atoms with Crippen molar-refractivity contribution in [1.82, 2.24) is 19.6 Å². The maximum absolute atomic E-state index is 13.1. The van der Waals surface area contributed by atoms with Crippen LogP contribution < -0.4 is 5.73 Å². The van der Waals surface area contributed by atoms with Crippen LogP contribution in [-0.4, -0.2) is 19.6 Å². The van der Waals surface area contributed by atoms with Gasteiger partial charge in [0.1, 0.15) is 11.9 Å². The third kappa shape index (κ3) is 1.97. The fourth-order valence-electron chi connectivity index (χ4n) is 2.46. The summed E-state index contributed by atoms with van der Waals surface area (Å²) in [6.07, 6.45) is 0. The maximum atomic E-state index is 13.1. The molecule has 4 rings (SSSR count). The molecule has 0 atom stereocenters. The summed E-state index contributed by atoms with van der Waals surface area (Å²) in [5, 5.41) is 14.2. The van der Waals surface area contributed by atoms with Crippen molar-refractivity contribution in [2.45, 2.75) is 0 Å². The number of nitriles is 1. The number of para-hydroxylation sites is 1. The van der Waals surface area contributed by atoms with Gasteiger partial charge >= 0.3 is 0 Å². The predicted molar refractivity (Wildman–Crippen MR) is 82.8 cm³/mol.